The summed E-state index contributed by atoms with van der Waals surface area (Å²) in [7, 11) is 0. The molecule has 0 heterocycles. The Morgan fingerprint density at radius 2 is 2.00 bits per heavy atom. The van der Waals surface area contributed by atoms with Gasteiger partial charge in [-0.05, 0) is 24.1 Å². The van der Waals surface area contributed by atoms with Gasteiger partial charge in [0.25, 0.3) is 0 Å². The average Bonchev–Trinajstić information content (AvgIpc) is 2.15. The highest BCUT2D eigenvalue weighted by Gasteiger charge is 2.28. The molecule has 0 aliphatic heterocycles. The van der Waals surface area contributed by atoms with Gasteiger partial charge in [0.15, 0.2) is 6.61 Å². The molecular weight excluding hydrogens is 273 g/mol. The Morgan fingerprint density at radius 1 is 1.27 bits per heavy atom. The minimum atomic E-state index is -4.29. The van der Waals surface area contributed by atoms with Crippen LogP contribution in [0.1, 0.15) is 5.56 Å². The van der Waals surface area contributed by atoms with Crippen LogP contribution in [0.4, 0.5) is 13.2 Å². The van der Waals surface area contributed by atoms with Crippen LogP contribution in [0.3, 0.4) is 0 Å². The minimum absolute atomic E-state index is 0.255. The van der Waals surface area contributed by atoms with Crippen molar-refractivity contribution in [3.8, 4) is 5.75 Å². The van der Waals surface area contributed by atoms with E-state index >= 15 is 0 Å². The third-order valence-electron chi connectivity index (χ3n) is 1.68. The molecule has 0 atom stereocenters. The van der Waals surface area contributed by atoms with E-state index in [9.17, 15) is 13.2 Å². The molecule has 84 valence electrons. The lowest BCUT2D eigenvalue weighted by Crippen LogP contribution is -2.19. The highest BCUT2D eigenvalue weighted by molar-refractivity contribution is 9.09. The molecule has 0 spiro atoms. The highest BCUT2D eigenvalue weighted by atomic mass is 79.9. The molecular formula is C10H10BrF3O. The molecule has 1 aromatic rings. The lowest BCUT2D eigenvalue weighted by atomic mass is 10.2. The predicted molar refractivity (Wildman–Crippen MR) is 55.5 cm³/mol. The fraction of sp³-hybridized carbons (Fsp3) is 0.400. The molecule has 5 heteroatoms. The summed E-state index contributed by atoms with van der Waals surface area (Å²) in [6.45, 7) is -1.25. The van der Waals surface area contributed by atoms with E-state index in [1.807, 2.05) is 6.07 Å². The number of benzene rings is 1. The van der Waals surface area contributed by atoms with Gasteiger partial charge < -0.3 is 4.74 Å². The molecule has 0 bridgehead atoms. The number of ether oxygens (including phenoxy) is 1. The second-order valence-corrected chi connectivity index (χ2v) is 3.78. The van der Waals surface area contributed by atoms with E-state index in [2.05, 4.69) is 20.7 Å². The van der Waals surface area contributed by atoms with Gasteiger partial charge in [-0.3, -0.25) is 0 Å². The maximum Gasteiger partial charge on any atom is 0.422 e. The third-order valence-corrected chi connectivity index (χ3v) is 2.08. The second kappa shape index (κ2) is 5.39. The summed E-state index contributed by atoms with van der Waals surface area (Å²) in [5.41, 5.74) is 0.951. The number of hydrogen-bond donors (Lipinski definition) is 0. The average molecular weight is 283 g/mol. The summed E-state index contributed by atoms with van der Waals surface area (Å²) in [5.74, 6) is 0.255. The Morgan fingerprint density at radius 3 is 2.60 bits per heavy atom. The molecule has 0 aliphatic carbocycles. The van der Waals surface area contributed by atoms with Gasteiger partial charge in [0, 0.05) is 5.33 Å². The Kier molecular flexibility index (Phi) is 4.45. The molecule has 1 rings (SSSR count). The zero-order chi connectivity index (χ0) is 11.3. The van der Waals surface area contributed by atoms with Crippen molar-refractivity contribution in [2.75, 3.05) is 11.9 Å². The summed E-state index contributed by atoms with van der Waals surface area (Å²) in [4.78, 5) is 0. The monoisotopic (exact) mass is 282 g/mol. The van der Waals surface area contributed by atoms with Gasteiger partial charge in [0.05, 0.1) is 0 Å². The van der Waals surface area contributed by atoms with Gasteiger partial charge in [-0.1, -0.05) is 28.1 Å². The van der Waals surface area contributed by atoms with Crippen molar-refractivity contribution < 1.29 is 17.9 Å². The molecule has 0 amide bonds. The first-order valence-electron chi connectivity index (χ1n) is 4.36. The van der Waals surface area contributed by atoms with Crippen molar-refractivity contribution in [3.05, 3.63) is 29.8 Å². The maximum atomic E-state index is 11.9. The van der Waals surface area contributed by atoms with Crippen LogP contribution in [0, 0.1) is 0 Å². The second-order valence-electron chi connectivity index (χ2n) is 2.99. The van der Waals surface area contributed by atoms with E-state index in [1.165, 1.54) is 6.07 Å². The van der Waals surface area contributed by atoms with Crippen molar-refractivity contribution in [3.63, 3.8) is 0 Å². The molecule has 0 saturated heterocycles. The van der Waals surface area contributed by atoms with E-state index in [1.54, 1.807) is 12.1 Å². The quantitative estimate of drug-likeness (QED) is 0.768. The Bertz CT molecular complexity index is 312. The van der Waals surface area contributed by atoms with Crippen LogP contribution >= 0.6 is 15.9 Å². The normalized spacial score (nSPS) is 11.5. The topological polar surface area (TPSA) is 9.23 Å². The molecule has 1 nitrogen and oxygen atoms in total. The van der Waals surface area contributed by atoms with E-state index in [0.717, 1.165) is 17.3 Å². The zero-order valence-electron chi connectivity index (χ0n) is 7.85. The van der Waals surface area contributed by atoms with Crippen LogP contribution in [0.2, 0.25) is 0 Å². The fourth-order valence-electron chi connectivity index (χ4n) is 1.07. The molecule has 0 N–H and O–H groups in total. The standard InChI is InChI=1S/C10H10BrF3O/c11-5-4-8-2-1-3-9(6-8)15-7-10(12,13)14/h1-3,6H,4-5,7H2. The van der Waals surface area contributed by atoms with Crippen LogP contribution < -0.4 is 4.74 Å². The van der Waals surface area contributed by atoms with Crippen molar-refractivity contribution in [1.29, 1.82) is 0 Å². The number of aryl methyl sites for hydroxylation is 1. The van der Waals surface area contributed by atoms with Gasteiger partial charge in [-0.2, -0.15) is 13.2 Å². The SMILES string of the molecule is FC(F)(F)COc1cccc(CCBr)c1. The van der Waals surface area contributed by atoms with E-state index < -0.39 is 12.8 Å². The fourth-order valence-corrected chi connectivity index (χ4v) is 1.52. The Labute approximate surface area is 94.4 Å². The van der Waals surface area contributed by atoms with Crippen LogP contribution in [-0.4, -0.2) is 18.1 Å². The lowest BCUT2D eigenvalue weighted by Gasteiger charge is -2.09. The van der Waals surface area contributed by atoms with Crippen molar-refractivity contribution >= 4 is 15.9 Å². The maximum absolute atomic E-state index is 11.9. The van der Waals surface area contributed by atoms with Crippen molar-refractivity contribution in [1.82, 2.24) is 0 Å². The number of halogens is 4. The van der Waals surface area contributed by atoms with Gasteiger partial charge in [0.1, 0.15) is 5.75 Å². The first-order valence-corrected chi connectivity index (χ1v) is 5.48. The van der Waals surface area contributed by atoms with Crippen LogP contribution in [0.15, 0.2) is 24.3 Å². The van der Waals surface area contributed by atoms with E-state index in [-0.39, 0.29) is 5.75 Å². The minimum Gasteiger partial charge on any atom is -0.484 e. The van der Waals surface area contributed by atoms with Crippen molar-refractivity contribution in [2.24, 2.45) is 0 Å². The summed E-state index contributed by atoms with van der Waals surface area (Å²) in [5, 5.41) is 0.774. The smallest absolute Gasteiger partial charge is 0.422 e. The first-order chi connectivity index (χ1) is 7.01. The van der Waals surface area contributed by atoms with Crippen LogP contribution in [-0.2, 0) is 6.42 Å². The van der Waals surface area contributed by atoms with Gasteiger partial charge in [-0.25, -0.2) is 0 Å². The molecule has 0 aromatic heterocycles. The number of alkyl halides is 4. The third kappa shape index (κ3) is 5.06. The van der Waals surface area contributed by atoms with Gasteiger partial charge >= 0.3 is 6.18 Å². The molecule has 0 radical (unpaired) electrons. The first kappa shape index (κ1) is 12.4. The summed E-state index contributed by atoms with van der Waals surface area (Å²) in [6.07, 6.45) is -3.52. The number of rotatable bonds is 4. The number of hydrogen-bond acceptors (Lipinski definition) is 1. The van der Waals surface area contributed by atoms with E-state index in [0.29, 0.717) is 0 Å². The largest absolute Gasteiger partial charge is 0.484 e. The Hall–Kier alpha value is -0.710. The van der Waals surface area contributed by atoms with Crippen LogP contribution in [0.5, 0.6) is 5.75 Å². The lowest BCUT2D eigenvalue weighted by molar-refractivity contribution is -0.153. The molecule has 15 heavy (non-hydrogen) atoms. The molecule has 0 unspecified atom stereocenters. The van der Waals surface area contributed by atoms with Crippen molar-refractivity contribution in [2.45, 2.75) is 12.6 Å². The molecule has 0 aliphatic rings. The van der Waals surface area contributed by atoms with Crippen LogP contribution in [0.25, 0.3) is 0 Å². The van der Waals surface area contributed by atoms with Gasteiger partial charge in [0.2, 0.25) is 0 Å². The van der Waals surface area contributed by atoms with Gasteiger partial charge in [-0.15, -0.1) is 0 Å². The molecule has 0 saturated carbocycles. The van der Waals surface area contributed by atoms with E-state index in [4.69, 9.17) is 0 Å². The highest BCUT2D eigenvalue weighted by Crippen LogP contribution is 2.19. The predicted octanol–water partition coefficient (Wildman–Crippen LogP) is 3.57. The summed E-state index contributed by atoms with van der Waals surface area (Å²) in [6, 6.07) is 6.67. The Balaban J connectivity index is 2.57. The summed E-state index contributed by atoms with van der Waals surface area (Å²) < 4.78 is 40.2. The summed E-state index contributed by atoms with van der Waals surface area (Å²) >= 11 is 3.26. The zero-order valence-corrected chi connectivity index (χ0v) is 9.44. The molecule has 0 fully saturated rings. The molecule has 1 aromatic carbocycles.